The molecule has 2 N–H and O–H groups in total. The molecule has 0 radical (unpaired) electrons. The van der Waals surface area contributed by atoms with E-state index in [1.807, 2.05) is 0 Å². The summed E-state index contributed by atoms with van der Waals surface area (Å²) in [7, 11) is 1.80. The van der Waals surface area contributed by atoms with E-state index in [1.54, 1.807) is 7.05 Å². The predicted molar refractivity (Wildman–Crippen MR) is 30.5 cm³/mol. The molecule has 0 aromatic heterocycles. The molecule has 1 heterocycles. The van der Waals surface area contributed by atoms with Crippen LogP contribution in [0, 0.1) is 0 Å². The zero-order valence-electron chi connectivity index (χ0n) is 4.90. The van der Waals surface area contributed by atoms with Crippen LogP contribution in [0.3, 0.4) is 0 Å². The maximum absolute atomic E-state index is 10.6. The number of hydrogen-bond donors (Lipinski definition) is 2. The molecule has 0 aliphatic carbocycles. The minimum Gasteiger partial charge on any atom is -0.355 e. The maximum Gasteiger partial charge on any atom is 0.237 e. The van der Waals surface area contributed by atoms with E-state index in [1.165, 1.54) is 0 Å². The molecule has 1 fully saturated rings. The van der Waals surface area contributed by atoms with Crippen LogP contribution in [0.2, 0.25) is 0 Å². The molecule has 3 heteroatoms. The van der Waals surface area contributed by atoms with E-state index < -0.39 is 0 Å². The van der Waals surface area contributed by atoms with Crippen LogP contribution < -0.4 is 10.6 Å². The molecular formula is C5H10N2O. The second kappa shape index (κ2) is 2.13. The van der Waals surface area contributed by atoms with E-state index in [9.17, 15) is 4.79 Å². The van der Waals surface area contributed by atoms with Gasteiger partial charge in [-0.1, -0.05) is 0 Å². The molecule has 0 spiro atoms. The van der Waals surface area contributed by atoms with Gasteiger partial charge in [0.15, 0.2) is 0 Å². The first-order valence-corrected chi connectivity index (χ1v) is 2.79. The zero-order valence-corrected chi connectivity index (χ0v) is 4.90. The van der Waals surface area contributed by atoms with E-state index in [4.69, 9.17) is 0 Å². The third-order valence-electron chi connectivity index (χ3n) is 1.40. The van der Waals surface area contributed by atoms with Crippen LogP contribution in [0.1, 0.15) is 6.42 Å². The van der Waals surface area contributed by atoms with E-state index in [0.717, 1.165) is 13.0 Å². The summed E-state index contributed by atoms with van der Waals surface area (Å²) in [6, 6.07) is 0.0648. The summed E-state index contributed by atoms with van der Waals surface area (Å²) in [6.07, 6.45) is 0.926. The highest BCUT2D eigenvalue weighted by molar-refractivity contribution is 5.83. The Balaban J connectivity index is 2.42. The second-order valence-corrected chi connectivity index (χ2v) is 1.92. The first-order chi connectivity index (χ1) is 3.84. The molecule has 1 aliphatic rings. The van der Waals surface area contributed by atoms with Crippen molar-refractivity contribution in [2.24, 2.45) is 0 Å². The Morgan fingerprint density at radius 3 is 2.88 bits per heavy atom. The van der Waals surface area contributed by atoms with Crippen molar-refractivity contribution in [2.45, 2.75) is 12.5 Å². The van der Waals surface area contributed by atoms with E-state index in [0.29, 0.717) is 0 Å². The molecule has 0 unspecified atom stereocenters. The lowest BCUT2D eigenvalue weighted by molar-refractivity contribution is -0.120. The maximum atomic E-state index is 10.6. The fourth-order valence-corrected chi connectivity index (χ4v) is 0.869. The van der Waals surface area contributed by atoms with Crippen molar-refractivity contribution in [3.8, 4) is 0 Å². The number of nitrogens with one attached hydrogen (secondary N) is 2. The van der Waals surface area contributed by atoms with Crippen molar-refractivity contribution in [1.29, 1.82) is 0 Å². The van der Waals surface area contributed by atoms with Crippen molar-refractivity contribution in [3.05, 3.63) is 0 Å². The molecule has 1 atom stereocenters. The summed E-state index contributed by atoms with van der Waals surface area (Å²) in [5, 5.41) is 5.62. The van der Waals surface area contributed by atoms with Crippen LogP contribution in [-0.4, -0.2) is 25.5 Å². The van der Waals surface area contributed by atoms with Crippen molar-refractivity contribution in [3.63, 3.8) is 0 Å². The largest absolute Gasteiger partial charge is 0.355 e. The summed E-state index contributed by atoms with van der Waals surface area (Å²) in [5.74, 6) is 0.132. The molecule has 46 valence electrons. The van der Waals surface area contributed by atoms with Gasteiger partial charge in [-0.15, -0.1) is 0 Å². The van der Waals surface area contributed by atoms with Gasteiger partial charge in [-0.2, -0.15) is 0 Å². The first-order valence-electron chi connectivity index (χ1n) is 2.79. The van der Waals surface area contributed by atoms with E-state index >= 15 is 0 Å². The third-order valence-corrected chi connectivity index (χ3v) is 1.40. The topological polar surface area (TPSA) is 41.1 Å². The van der Waals surface area contributed by atoms with Crippen LogP contribution >= 0.6 is 0 Å². The molecule has 1 saturated heterocycles. The van der Waals surface area contributed by atoms with Gasteiger partial charge in [-0.3, -0.25) is 4.79 Å². The monoisotopic (exact) mass is 114 g/mol. The Morgan fingerprint density at radius 2 is 2.62 bits per heavy atom. The number of rotatable bonds is 1. The number of hydrogen-bond acceptors (Lipinski definition) is 2. The molecule has 3 nitrogen and oxygen atoms in total. The number of carbonyl (C=O) groups is 1. The van der Waals surface area contributed by atoms with Gasteiger partial charge >= 0.3 is 0 Å². The van der Waals surface area contributed by atoms with Gasteiger partial charge in [0.1, 0.15) is 0 Å². The van der Waals surface area contributed by atoms with E-state index in [-0.39, 0.29) is 11.9 Å². The molecule has 0 aromatic rings. The predicted octanol–water partition coefficient (Wildman–Crippen LogP) is -0.906. The Bertz CT molecular complexity index is 103. The fraction of sp³-hybridized carbons (Fsp3) is 0.800. The lowest BCUT2D eigenvalue weighted by Gasteiger charge is -2.00. The lowest BCUT2D eigenvalue weighted by Crippen LogP contribution is -2.33. The minimum atomic E-state index is 0.0648. The van der Waals surface area contributed by atoms with Crippen LogP contribution in [-0.2, 0) is 4.79 Å². The molecule has 1 amide bonds. The standard InChI is InChI=1S/C5H10N2O/c1-6-4-2-3-7-5(4)8/h4,6H,2-3H2,1H3,(H,7,8)/t4-/m0/s1. The van der Waals surface area contributed by atoms with Crippen molar-refractivity contribution in [1.82, 2.24) is 10.6 Å². The highest BCUT2D eigenvalue weighted by Gasteiger charge is 2.20. The summed E-state index contributed by atoms with van der Waals surface area (Å²) < 4.78 is 0. The van der Waals surface area contributed by atoms with E-state index in [2.05, 4.69) is 10.6 Å². The molecule has 0 bridgehead atoms. The average molecular weight is 114 g/mol. The quantitative estimate of drug-likeness (QED) is 0.463. The van der Waals surface area contributed by atoms with Crippen molar-refractivity contribution < 1.29 is 4.79 Å². The molecule has 0 saturated carbocycles. The molecule has 1 rings (SSSR count). The number of amides is 1. The first kappa shape index (κ1) is 5.56. The summed E-state index contributed by atoms with van der Waals surface area (Å²) in [6.45, 7) is 0.824. The van der Waals surface area contributed by atoms with Gasteiger partial charge in [-0.05, 0) is 13.5 Å². The molecular weight excluding hydrogens is 104 g/mol. The van der Waals surface area contributed by atoms with Gasteiger partial charge in [0.2, 0.25) is 5.91 Å². The van der Waals surface area contributed by atoms with Crippen LogP contribution in [0.25, 0.3) is 0 Å². The molecule has 8 heavy (non-hydrogen) atoms. The van der Waals surface area contributed by atoms with Crippen LogP contribution in [0.4, 0.5) is 0 Å². The van der Waals surface area contributed by atoms with Crippen LogP contribution in [0.15, 0.2) is 0 Å². The Morgan fingerprint density at radius 1 is 1.88 bits per heavy atom. The van der Waals surface area contributed by atoms with Gasteiger partial charge in [0, 0.05) is 6.54 Å². The van der Waals surface area contributed by atoms with Gasteiger partial charge in [-0.25, -0.2) is 0 Å². The Labute approximate surface area is 48.5 Å². The van der Waals surface area contributed by atoms with Gasteiger partial charge < -0.3 is 10.6 Å². The smallest absolute Gasteiger partial charge is 0.237 e. The Kier molecular flexibility index (Phi) is 1.48. The average Bonchev–Trinajstić information content (AvgIpc) is 2.14. The third kappa shape index (κ3) is 0.816. The zero-order chi connectivity index (χ0) is 5.98. The Hall–Kier alpha value is -0.570. The van der Waals surface area contributed by atoms with Gasteiger partial charge in [0.25, 0.3) is 0 Å². The summed E-state index contributed by atoms with van der Waals surface area (Å²) in [5.41, 5.74) is 0. The SMILES string of the molecule is CN[C@H]1CCNC1=O. The number of carbonyl (C=O) groups excluding carboxylic acids is 1. The fourth-order valence-electron chi connectivity index (χ4n) is 0.869. The minimum absolute atomic E-state index is 0.0648. The van der Waals surface area contributed by atoms with Crippen LogP contribution in [0.5, 0.6) is 0 Å². The van der Waals surface area contributed by atoms with Gasteiger partial charge in [0.05, 0.1) is 6.04 Å². The summed E-state index contributed by atoms with van der Waals surface area (Å²) in [4.78, 5) is 10.6. The van der Waals surface area contributed by atoms with Crippen molar-refractivity contribution >= 4 is 5.91 Å². The molecule has 1 aliphatic heterocycles. The molecule has 0 aromatic carbocycles. The number of likely N-dealkylation sites (N-methyl/N-ethyl adjacent to an activating group) is 1. The normalized spacial score (nSPS) is 28.1. The summed E-state index contributed by atoms with van der Waals surface area (Å²) >= 11 is 0. The highest BCUT2D eigenvalue weighted by atomic mass is 16.2. The highest BCUT2D eigenvalue weighted by Crippen LogP contribution is 1.96. The van der Waals surface area contributed by atoms with Crippen molar-refractivity contribution in [2.75, 3.05) is 13.6 Å². The lowest BCUT2D eigenvalue weighted by atomic mass is 10.3. The second-order valence-electron chi connectivity index (χ2n) is 1.92.